The third-order valence-corrected chi connectivity index (χ3v) is 5.33. The molecule has 6 heteroatoms. The van der Waals surface area contributed by atoms with E-state index in [1.165, 1.54) is 18.2 Å². The molecule has 2 fully saturated rings. The Hall–Kier alpha value is -0.430. The van der Waals surface area contributed by atoms with Crippen molar-refractivity contribution >= 4 is 10.0 Å². The minimum absolute atomic E-state index is 0.512. The molecule has 5 nitrogen and oxygen atoms in total. The van der Waals surface area contributed by atoms with Gasteiger partial charge in [-0.15, -0.1) is 0 Å². The van der Waals surface area contributed by atoms with Gasteiger partial charge in [0.15, 0.2) is 0 Å². The number of hydrogen-bond donors (Lipinski definition) is 2. The Balaban J connectivity index is 1.60. The summed E-state index contributed by atoms with van der Waals surface area (Å²) < 4.78 is 24.6. The smallest absolute Gasteiger partial charge is 0.208 e. The van der Waals surface area contributed by atoms with Crippen molar-refractivity contribution in [3.8, 4) is 0 Å². The summed E-state index contributed by atoms with van der Waals surface area (Å²) in [5.41, 5.74) is 1.39. The van der Waals surface area contributed by atoms with E-state index in [0.29, 0.717) is 24.5 Å². The normalized spacial score (nSPS) is 27.7. The Morgan fingerprint density at radius 3 is 2.57 bits per heavy atom. The molecule has 1 aliphatic carbocycles. The lowest BCUT2D eigenvalue weighted by Gasteiger charge is -2.32. The van der Waals surface area contributed by atoms with Crippen LogP contribution in [0.4, 0.5) is 0 Å². The van der Waals surface area contributed by atoms with Gasteiger partial charge in [-0.25, -0.2) is 13.1 Å². The number of nitrogens with one attached hydrogen (secondary N) is 2. The maximum absolute atomic E-state index is 11.0. The number of hydrogen-bond acceptors (Lipinski definition) is 4. The van der Waals surface area contributed by atoms with Crippen LogP contribution < -0.4 is 10.0 Å². The number of likely N-dealkylation sites (tertiary alicyclic amines) is 1. The first-order chi connectivity index (χ1) is 9.89. The highest BCUT2D eigenvalue weighted by molar-refractivity contribution is 7.88. The molecule has 2 atom stereocenters. The SMILES string of the molecule is C=C(CC)[C@H]1C[C@@H]1NC1CCN(CCNS(C)(=O)=O)CC1. The summed E-state index contributed by atoms with van der Waals surface area (Å²) in [6.45, 7) is 9.74. The van der Waals surface area contributed by atoms with Crippen molar-refractivity contribution in [1.82, 2.24) is 14.9 Å². The molecule has 2 aliphatic rings. The molecular weight excluding hydrogens is 286 g/mol. The van der Waals surface area contributed by atoms with Crippen LogP contribution in [0.25, 0.3) is 0 Å². The number of nitrogens with zero attached hydrogens (tertiary/aromatic N) is 1. The van der Waals surface area contributed by atoms with Gasteiger partial charge >= 0.3 is 0 Å². The molecule has 2 N–H and O–H groups in total. The summed E-state index contributed by atoms with van der Waals surface area (Å²) in [5.74, 6) is 0.701. The quantitative estimate of drug-likeness (QED) is 0.655. The highest BCUT2D eigenvalue weighted by atomic mass is 32.2. The van der Waals surface area contributed by atoms with E-state index in [-0.39, 0.29) is 0 Å². The highest BCUT2D eigenvalue weighted by Gasteiger charge is 2.39. The molecule has 0 aromatic heterocycles. The third kappa shape index (κ3) is 5.70. The van der Waals surface area contributed by atoms with Crippen LogP contribution in [-0.2, 0) is 10.0 Å². The van der Waals surface area contributed by atoms with Gasteiger partial charge in [-0.3, -0.25) is 0 Å². The molecule has 0 spiro atoms. The van der Waals surface area contributed by atoms with Crippen molar-refractivity contribution in [2.45, 2.75) is 44.7 Å². The summed E-state index contributed by atoms with van der Waals surface area (Å²) in [6.07, 6.45) is 5.86. The van der Waals surface area contributed by atoms with Crippen LogP contribution >= 0.6 is 0 Å². The van der Waals surface area contributed by atoms with E-state index in [9.17, 15) is 8.42 Å². The molecule has 0 unspecified atom stereocenters. The summed E-state index contributed by atoms with van der Waals surface area (Å²) in [6, 6.07) is 1.27. The topological polar surface area (TPSA) is 61.4 Å². The lowest BCUT2D eigenvalue weighted by Crippen LogP contribution is -2.45. The molecule has 1 heterocycles. The molecule has 0 amide bonds. The van der Waals surface area contributed by atoms with Crippen LogP contribution in [0.15, 0.2) is 12.2 Å². The Kier molecular flexibility index (Phi) is 5.82. The van der Waals surface area contributed by atoms with Crippen LogP contribution in [0.5, 0.6) is 0 Å². The zero-order chi connectivity index (χ0) is 15.5. The maximum Gasteiger partial charge on any atom is 0.208 e. The predicted molar refractivity (Wildman–Crippen MR) is 86.8 cm³/mol. The molecular formula is C15H29N3O2S. The summed E-state index contributed by atoms with van der Waals surface area (Å²) >= 11 is 0. The summed E-state index contributed by atoms with van der Waals surface area (Å²) in [4.78, 5) is 2.34. The van der Waals surface area contributed by atoms with Crippen LogP contribution in [0, 0.1) is 5.92 Å². The largest absolute Gasteiger partial charge is 0.311 e. The minimum Gasteiger partial charge on any atom is -0.311 e. The average Bonchev–Trinajstić information content (AvgIpc) is 3.18. The van der Waals surface area contributed by atoms with Gasteiger partial charge in [0.2, 0.25) is 10.0 Å². The molecule has 1 saturated heterocycles. The Bertz CT molecular complexity index is 456. The molecule has 0 aromatic rings. The van der Waals surface area contributed by atoms with E-state index in [2.05, 4.69) is 28.4 Å². The lowest BCUT2D eigenvalue weighted by atomic mass is 10.0. The van der Waals surface area contributed by atoms with Gasteiger partial charge in [-0.1, -0.05) is 19.1 Å². The van der Waals surface area contributed by atoms with Crippen LogP contribution in [-0.4, -0.2) is 57.8 Å². The second kappa shape index (κ2) is 7.22. The fourth-order valence-electron chi connectivity index (χ4n) is 3.11. The van der Waals surface area contributed by atoms with Crippen LogP contribution in [0.1, 0.15) is 32.6 Å². The van der Waals surface area contributed by atoms with Crippen molar-refractivity contribution < 1.29 is 8.42 Å². The third-order valence-electron chi connectivity index (χ3n) is 4.60. The van der Waals surface area contributed by atoms with Gasteiger partial charge in [0, 0.05) is 25.2 Å². The average molecular weight is 315 g/mol. The Morgan fingerprint density at radius 1 is 1.33 bits per heavy atom. The van der Waals surface area contributed by atoms with Crippen molar-refractivity contribution in [3.63, 3.8) is 0 Å². The van der Waals surface area contributed by atoms with E-state index in [1.807, 2.05) is 0 Å². The van der Waals surface area contributed by atoms with Crippen LogP contribution in [0.3, 0.4) is 0 Å². The lowest BCUT2D eigenvalue weighted by molar-refractivity contribution is 0.199. The minimum atomic E-state index is -3.06. The zero-order valence-electron chi connectivity index (χ0n) is 13.3. The van der Waals surface area contributed by atoms with Crippen LogP contribution in [0.2, 0.25) is 0 Å². The van der Waals surface area contributed by atoms with Gasteiger partial charge in [0.05, 0.1) is 6.26 Å². The van der Waals surface area contributed by atoms with E-state index in [0.717, 1.165) is 38.9 Å². The molecule has 1 saturated carbocycles. The van der Waals surface area contributed by atoms with Crippen molar-refractivity contribution in [2.75, 3.05) is 32.4 Å². The van der Waals surface area contributed by atoms with Gasteiger partial charge < -0.3 is 10.2 Å². The standard InChI is InChI=1S/C15H29N3O2S/c1-4-12(2)14-11-15(14)17-13-5-8-18(9-6-13)10-7-16-21(3,19)20/h13-17H,2,4-11H2,1,3H3/t14-,15+/m1/s1. The highest BCUT2D eigenvalue weighted by Crippen LogP contribution is 2.38. The molecule has 21 heavy (non-hydrogen) atoms. The first-order valence-electron chi connectivity index (χ1n) is 7.99. The van der Waals surface area contributed by atoms with E-state index < -0.39 is 10.0 Å². The second-order valence-corrected chi connectivity index (χ2v) is 8.24. The molecule has 0 radical (unpaired) electrons. The van der Waals surface area contributed by atoms with Gasteiger partial charge in [0.25, 0.3) is 0 Å². The summed E-state index contributed by atoms with van der Waals surface area (Å²) in [7, 11) is -3.06. The second-order valence-electron chi connectivity index (χ2n) is 6.41. The Labute approximate surface area is 129 Å². The van der Waals surface area contributed by atoms with Gasteiger partial charge in [-0.05, 0) is 44.7 Å². The first-order valence-corrected chi connectivity index (χ1v) is 9.89. The molecule has 122 valence electrons. The molecule has 1 aliphatic heterocycles. The van der Waals surface area contributed by atoms with Gasteiger partial charge in [-0.2, -0.15) is 0 Å². The fraction of sp³-hybridized carbons (Fsp3) is 0.867. The predicted octanol–water partition coefficient (Wildman–Crippen LogP) is 0.944. The number of rotatable bonds is 8. The fourth-order valence-corrected chi connectivity index (χ4v) is 3.57. The first kappa shape index (κ1) is 16.9. The summed E-state index contributed by atoms with van der Waals surface area (Å²) in [5, 5.41) is 3.76. The molecule has 0 bridgehead atoms. The van der Waals surface area contributed by atoms with E-state index >= 15 is 0 Å². The van der Waals surface area contributed by atoms with Crippen molar-refractivity contribution in [2.24, 2.45) is 5.92 Å². The van der Waals surface area contributed by atoms with Crippen molar-refractivity contribution in [3.05, 3.63) is 12.2 Å². The molecule has 0 aromatic carbocycles. The van der Waals surface area contributed by atoms with Gasteiger partial charge in [0.1, 0.15) is 0 Å². The molecule has 2 rings (SSSR count). The van der Waals surface area contributed by atoms with E-state index in [4.69, 9.17) is 0 Å². The zero-order valence-corrected chi connectivity index (χ0v) is 14.1. The van der Waals surface area contributed by atoms with E-state index in [1.54, 1.807) is 0 Å². The number of piperidine rings is 1. The monoisotopic (exact) mass is 315 g/mol. The maximum atomic E-state index is 11.0. The Morgan fingerprint density at radius 2 is 2.00 bits per heavy atom. The van der Waals surface area contributed by atoms with Crippen molar-refractivity contribution in [1.29, 1.82) is 0 Å². The number of sulfonamides is 1.